The lowest BCUT2D eigenvalue weighted by Gasteiger charge is -2.42. The Kier molecular flexibility index (Phi) is 3.17. The summed E-state index contributed by atoms with van der Waals surface area (Å²) in [6.45, 7) is 3.53. The highest BCUT2D eigenvalue weighted by molar-refractivity contribution is 5.86. The van der Waals surface area contributed by atoms with E-state index in [0.29, 0.717) is 6.42 Å². The van der Waals surface area contributed by atoms with Crippen LogP contribution in [-0.2, 0) is 9.59 Å². The van der Waals surface area contributed by atoms with Gasteiger partial charge in [-0.05, 0) is 19.3 Å². The van der Waals surface area contributed by atoms with Crippen molar-refractivity contribution in [1.82, 2.24) is 4.90 Å². The summed E-state index contributed by atoms with van der Waals surface area (Å²) in [4.78, 5) is 24.6. The molecule has 18 heavy (non-hydrogen) atoms. The molecule has 1 aliphatic carbocycles. The van der Waals surface area contributed by atoms with Gasteiger partial charge in [-0.3, -0.25) is 4.79 Å². The van der Waals surface area contributed by atoms with Gasteiger partial charge >= 0.3 is 5.97 Å². The third-order valence-corrected chi connectivity index (χ3v) is 4.19. The van der Waals surface area contributed by atoms with Crippen LogP contribution in [0.5, 0.6) is 0 Å². The minimum atomic E-state index is -2.27. The molecule has 1 atom stereocenters. The van der Waals surface area contributed by atoms with Crippen molar-refractivity contribution in [1.29, 1.82) is 0 Å². The second kappa shape index (κ2) is 4.37. The van der Waals surface area contributed by atoms with Crippen molar-refractivity contribution >= 4 is 11.9 Å². The highest BCUT2D eigenvalue weighted by atomic mass is 19.1. The molecule has 1 heterocycles. The normalized spacial score (nSPS) is 29.7. The van der Waals surface area contributed by atoms with Gasteiger partial charge in [-0.15, -0.1) is 6.58 Å². The van der Waals surface area contributed by atoms with Crippen LogP contribution in [0.15, 0.2) is 12.7 Å². The summed E-state index contributed by atoms with van der Waals surface area (Å²) >= 11 is 0. The van der Waals surface area contributed by atoms with E-state index in [4.69, 9.17) is 5.11 Å². The number of carboxylic acid groups (broad SMARTS) is 1. The van der Waals surface area contributed by atoms with Gasteiger partial charge in [0.25, 0.3) is 0 Å². The van der Waals surface area contributed by atoms with Crippen molar-refractivity contribution in [2.45, 2.75) is 37.8 Å². The van der Waals surface area contributed by atoms with Crippen LogP contribution < -0.4 is 0 Å². The summed E-state index contributed by atoms with van der Waals surface area (Å²) in [6, 6.07) is 0. The fourth-order valence-electron chi connectivity index (χ4n) is 2.84. The van der Waals surface area contributed by atoms with Gasteiger partial charge in [-0.2, -0.15) is 0 Å². The third kappa shape index (κ3) is 1.91. The number of amides is 1. The molecule has 0 aromatic rings. The summed E-state index contributed by atoms with van der Waals surface area (Å²) in [5.74, 6) is -1.57. The maximum absolute atomic E-state index is 13.9. The fourth-order valence-corrected chi connectivity index (χ4v) is 2.84. The van der Waals surface area contributed by atoms with Crippen LogP contribution in [0.1, 0.15) is 32.1 Å². The number of carbonyl (C=O) groups excluding carboxylic acids is 1. The van der Waals surface area contributed by atoms with Crippen molar-refractivity contribution in [3.05, 3.63) is 12.7 Å². The number of halogens is 1. The molecule has 1 amide bonds. The number of hydrogen-bond acceptors (Lipinski definition) is 2. The average Bonchev–Trinajstić information content (AvgIpc) is 2.67. The molecular formula is C13H18FNO3. The molecule has 1 N–H and O–H groups in total. The predicted octanol–water partition coefficient (Wildman–Crippen LogP) is 1.76. The zero-order valence-electron chi connectivity index (χ0n) is 10.3. The second-order valence-electron chi connectivity index (χ2n) is 5.37. The van der Waals surface area contributed by atoms with E-state index in [1.165, 1.54) is 4.90 Å². The summed E-state index contributed by atoms with van der Waals surface area (Å²) in [5.41, 5.74) is -2.71. The minimum absolute atomic E-state index is 0.102. The first-order chi connectivity index (χ1) is 8.43. The Balaban J connectivity index is 2.07. The van der Waals surface area contributed by atoms with Gasteiger partial charge in [-0.1, -0.05) is 12.5 Å². The average molecular weight is 255 g/mol. The van der Waals surface area contributed by atoms with Crippen molar-refractivity contribution < 1.29 is 19.1 Å². The van der Waals surface area contributed by atoms with Gasteiger partial charge in [0.05, 0.1) is 12.0 Å². The Morgan fingerprint density at radius 2 is 2.06 bits per heavy atom. The first-order valence-corrected chi connectivity index (χ1v) is 6.26. The number of allylic oxidation sites excluding steroid dienone is 1. The lowest BCUT2D eigenvalue weighted by Crippen LogP contribution is -2.48. The highest BCUT2D eigenvalue weighted by Crippen LogP contribution is 2.46. The highest BCUT2D eigenvalue weighted by Gasteiger charge is 2.52. The molecule has 1 aliphatic heterocycles. The molecule has 5 heteroatoms. The Bertz CT molecular complexity index is 392. The SMILES string of the molecule is C=CCC1(C(=O)N2CCC(F)(C(=O)O)C2)CCC1. The van der Waals surface area contributed by atoms with E-state index in [2.05, 4.69) is 6.58 Å². The molecule has 0 aromatic heterocycles. The molecule has 0 aromatic carbocycles. The molecule has 2 rings (SSSR count). The van der Waals surface area contributed by atoms with Gasteiger partial charge in [0.2, 0.25) is 11.6 Å². The molecule has 2 aliphatic rings. The number of aliphatic carboxylic acids is 1. The van der Waals surface area contributed by atoms with E-state index in [0.717, 1.165) is 19.3 Å². The number of alkyl halides is 1. The Hall–Kier alpha value is -1.39. The van der Waals surface area contributed by atoms with E-state index in [1.54, 1.807) is 6.08 Å². The smallest absolute Gasteiger partial charge is 0.343 e. The molecule has 0 bridgehead atoms. The standard InChI is InChI=1S/C13H18FNO3/c1-2-4-12(5-3-6-12)10(16)15-8-7-13(14,9-15)11(17)18/h2H,1,3-9H2,(H,17,18). The van der Waals surface area contributed by atoms with E-state index in [9.17, 15) is 14.0 Å². The van der Waals surface area contributed by atoms with Gasteiger partial charge < -0.3 is 10.0 Å². The van der Waals surface area contributed by atoms with Crippen LogP contribution in [0.25, 0.3) is 0 Å². The monoisotopic (exact) mass is 255 g/mol. The third-order valence-electron chi connectivity index (χ3n) is 4.19. The number of carboxylic acids is 1. The van der Waals surface area contributed by atoms with E-state index in [1.807, 2.05) is 0 Å². The maximum Gasteiger partial charge on any atom is 0.343 e. The number of rotatable bonds is 4. The largest absolute Gasteiger partial charge is 0.479 e. The van der Waals surface area contributed by atoms with Crippen LogP contribution in [-0.4, -0.2) is 40.6 Å². The topological polar surface area (TPSA) is 57.6 Å². The molecule has 1 saturated heterocycles. The van der Waals surface area contributed by atoms with Gasteiger partial charge in [0, 0.05) is 13.0 Å². The lowest BCUT2D eigenvalue weighted by atomic mass is 9.65. The summed E-state index contributed by atoms with van der Waals surface area (Å²) in [5, 5.41) is 8.82. The Morgan fingerprint density at radius 3 is 2.44 bits per heavy atom. The first-order valence-electron chi connectivity index (χ1n) is 6.26. The van der Waals surface area contributed by atoms with Crippen molar-refractivity contribution in [2.75, 3.05) is 13.1 Å². The second-order valence-corrected chi connectivity index (χ2v) is 5.37. The lowest BCUT2D eigenvalue weighted by molar-refractivity contribution is -0.152. The van der Waals surface area contributed by atoms with Crippen LogP contribution in [0.3, 0.4) is 0 Å². The zero-order chi connectivity index (χ0) is 13.4. The van der Waals surface area contributed by atoms with Crippen LogP contribution >= 0.6 is 0 Å². The van der Waals surface area contributed by atoms with Gasteiger partial charge in [0.1, 0.15) is 0 Å². The molecule has 1 saturated carbocycles. The Morgan fingerprint density at radius 1 is 1.39 bits per heavy atom. The predicted molar refractivity (Wildman–Crippen MR) is 63.8 cm³/mol. The van der Waals surface area contributed by atoms with Crippen molar-refractivity contribution in [2.24, 2.45) is 5.41 Å². The summed E-state index contributed by atoms with van der Waals surface area (Å²) < 4.78 is 13.9. The Labute approximate surface area is 105 Å². The maximum atomic E-state index is 13.9. The van der Waals surface area contributed by atoms with Crippen molar-refractivity contribution in [3.8, 4) is 0 Å². The van der Waals surface area contributed by atoms with Crippen LogP contribution in [0.4, 0.5) is 4.39 Å². The molecule has 100 valence electrons. The summed E-state index contributed by atoms with van der Waals surface area (Å²) in [6.07, 6.45) is 4.77. The van der Waals surface area contributed by atoms with Crippen molar-refractivity contribution in [3.63, 3.8) is 0 Å². The first kappa shape index (κ1) is 13.1. The number of carbonyl (C=O) groups is 2. The molecule has 0 spiro atoms. The number of hydrogen-bond donors (Lipinski definition) is 1. The van der Waals surface area contributed by atoms with Gasteiger partial charge in [0.15, 0.2) is 0 Å². The van der Waals surface area contributed by atoms with Crippen LogP contribution in [0.2, 0.25) is 0 Å². The molecule has 2 fully saturated rings. The zero-order valence-corrected chi connectivity index (χ0v) is 10.3. The fraction of sp³-hybridized carbons (Fsp3) is 0.692. The molecule has 1 unspecified atom stereocenters. The molecule has 4 nitrogen and oxygen atoms in total. The van der Waals surface area contributed by atoms with E-state index < -0.39 is 17.1 Å². The minimum Gasteiger partial charge on any atom is -0.479 e. The molecular weight excluding hydrogens is 237 g/mol. The van der Waals surface area contributed by atoms with Crippen LogP contribution in [0, 0.1) is 5.41 Å². The summed E-state index contributed by atoms with van der Waals surface area (Å²) in [7, 11) is 0. The van der Waals surface area contributed by atoms with Gasteiger partial charge in [-0.25, -0.2) is 9.18 Å². The number of nitrogens with zero attached hydrogens (tertiary/aromatic N) is 1. The van der Waals surface area contributed by atoms with E-state index >= 15 is 0 Å². The van der Waals surface area contributed by atoms with E-state index in [-0.39, 0.29) is 25.4 Å². The quantitative estimate of drug-likeness (QED) is 0.779. The number of likely N-dealkylation sites (tertiary alicyclic amines) is 1. The molecule has 0 radical (unpaired) electrons.